The van der Waals surface area contributed by atoms with E-state index in [0.717, 1.165) is 16.5 Å². The van der Waals surface area contributed by atoms with E-state index in [-0.39, 0.29) is 5.97 Å². The Kier molecular flexibility index (Phi) is 3.11. The molecule has 0 fully saturated rings. The van der Waals surface area contributed by atoms with E-state index < -0.39 is 5.41 Å². The van der Waals surface area contributed by atoms with Gasteiger partial charge in [-0.25, -0.2) is 0 Å². The summed E-state index contributed by atoms with van der Waals surface area (Å²) in [5.41, 5.74) is 1.43. The second kappa shape index (κ2) is 4.32. The molecule has 0 unspecified atom stereocenters. The Bertz CT molecular complexity index is 608. The second-order valence-corrected chi connectivity index (χ2v) is 5.87. The highest BCUT2D eigenvalue weighted by molar-refractivity contribution is 6.31. The fourth-order valence-electron chi connectivity index (χ4n) is 1.68. The number of carbonyl (C=O) groups is 1. The SMILES string of the molecule is Cc1cc(Cl)cc2c(OC(=O)C(C)(C)C)c[nH]c12. The van der Waals surface area contributed by atoms with Gasteiger partial charge in [-0.1, -0.05) is 11.6 Å². The Morgan fingerprint density at radius 2 is 2.00 bits per heavy atom. The van der Waals surface area contributed by atoms with Crippen molar-refractivity contribution in [1.82, 2.24) is 4.98 Å². The minimum Gasteiger partial charge on any atom is -0.424 e. The van der Waals surface area contributed by atoms with Crippen molar-refractivity contribution in [3.05, 3.63) is 28.9 Å². The summed E-state index contributed by atoms with van der Waals surface area (Å²) in [6, 6.07) is 3.67. The third-order valence-corrected chi connectivity index (χ3v) is 2.95. The Morgan fingerprint density at radius 3 is 2.61 bits per heavy atom. The summed E-state index contributed by atoms with van der Waals surface area (Å²) >= 11 is 6.02. The Labute approximate surface area is 111 Å². The molecule has 96 valence electrons. The number of ether oxygens (including phenoxy) is 1. The van der Waals surface area contributed by atoms with Gasteiger partial charge >= 0.3 is 5.97 Å². The van der Waals surface area contributed by atoms with Gasteiger partial charge in [-0.2, -0.15) is 0 Å². The van der Waals surface area contributed by atoms with Crippen LogP contribution in [0.25, 0.3) is 10.9 Å². The van der Waals surface area contributed by atoms with Gasteiger partial charge in [-0.15, -0.1) is 0 Å². The second-order valence-electron chi connectivity index (χ2n) is 5.44. The summed E-state index contributed by atoms with van der Waals surface area (Å²) in [4.78, 5) is 15.0. The monoisotopic (exact) mass is 265 g/mol. The number of H-pyrrole nitrogens is 1. The van der Waals surface area contributed by atoms with Crippen LogP contribution < -0.4 is 4.74 Å². The van der Waals surface area contributed by atoms with Crippen molar-refractivity contribution in [2.45, 2.75) is 27.7 Å². The van der Waals surface area contributed by atoms with E-state index >= 15 is 0 Å². The normalized spacial score (nSPS) is 11.8. The van der Waals surface area contributed by atoms with E-state index in [9.17, 15) is 4.79 Å². The number of nitrogens with one attached hydrogen (secondary N) is 1. The molecule has 0 radical (unpaired) electrons. The first-order valence-electron chi connectivity index (χ1n) is 5.78. The standard InChI is InChI=1S/C14H16ClNO2/c1-8-5-9(15)6-10-11(7-16-12(8)10)18-13(17)14(2,3)4/h5-7,16H,1-4H3. The number of aromatic amines is 1. The first kappa shape index (κ1) is 13.0. The minimum atomic E-state index is -0.531. The number of aromatic nitrogens is 1. The molecular formula is C14H16ClNO2. The number of esters is 1. The van der Waals surface area contributed by atoms with Crippen LogP contribution in [0.2, 0.25) is 5.02 Å². The van der Waals surface area contributed by atoms with Gasteiger partial charge in [0.05, 0.1) is 10.9 Å². The van der Waals surface area contributed by atoms with Crippen molar-refractivity contribution in [3.63, 3.8) is 0 Å². The molecule has 0 aliphatic rings. The molecule has 1 aromatic heterocycles. The highest BCUT2D eigenvalue weighted by atomic mass is 35.5. The third kappa shape index (κ3) is 2.36. The van der Waals surface area contributed by atoms with Gasteiger partial charge in [0.1, 0.15) is 0 Å². The van der Waals surface area contributed by atoms with Crippen LogP contribution in [-0.2, 0) is 4.79 Å². The van der Waals surface area contributed by atoms with Crippen LogP contribution in [0.3, 0.4) is 0 Å². The van der Waals surface area contributed by atoms with E-state index in [1.165, 1.54) is 0 Å². The number of halogens is 1. The van der Waals surface area contributed by atoms with Crippen LogP contribution in [0.15, 0.2) is 18.3 Å². The Hall–Kier alpha value is -1.48. The van der Waals surface area contributed by atoms with Gasteiger partial charge < -0.3 is 9.72 Å². The lowest BCUT2D eigenvalue weighted by Crippen LogP contribution is -2.25. The first-order valence-corrected chi connectivity index (χ1v) is 6.16. The number of hydrogen-bond acceptors (Lipinski definition) is 2. The van der Waals surface area contributed by atoms with Crippen molar-refractivity contribution < 1.29 is 9.53 Å². The maximum absolute atomic E-state index is 11.9. The fraction of sp³-hybridized carbons (Fsp3) is 0.357. The molecule has 18 heavy (non-hydrogen) atoms. The van der Waals surface area contributed by atoms with Gasteiger partial charge in [-0.05, 0) is 45.4 Å². The highest BCUT2D eigenvalue weighted by Gasteiger charge is 2.24. The smallest absolute Gasteiger partial charge is 0.316 e. The predicted octanol–water partition coefficient (Wildman–Crippen LogP) is 4.08. The summed E-state index contributed by atoms with van der Waals surface area (Å²) in [6.07, 6.45) is 1.69. The molecular weight excluding hydrogens is 250 g/mol. The molecule has 0 bridgehead atoms. The van der Waals surface area contributed by atoms with Gasteiger partial charge in [0.2, 0.25) is 0 Å². The van der Waals surface area contributed by atoms with Crippen LogP contribution in [0.1, 0.15) is 26.3 Å². The van der Waals surface area contributed by atoms with Gasteiger partial charge in [0.15, 0.2) is 5.75 Å². The van der Waals surface area contributed by atoms with E-state index in [1.54, 1.807) is 12.3 Å². The van der Waals surface area contributed by atoms with Crippen LogP contribution in [0.4, 0.5) is 0 Å². The summed E-state index contributed by atoms with van der Waals surface area (Å²) in [5.74, 6) is 0.261. The predicted molar refractivity (Wildman–Crippen MR) is 73.1 cm³/mol. The molecule has 1 aromatic carbocycles. The molecule has 0 aliphatic carbocycles. The number of benzene rings is 1. The minimum absolute atomic E-state index is 0.263. The maximum atomic E-state index is 11.9. The molecule has 1 N–H and O–H groups in total. The van der Waals surface area contributed by atoms with E-state index in [1.807, 2.05) is 33.8 Å². The molecule has 0 spiro atoms. The summed E-state index contributed by atoms with van der Waals surface area (Å²) < 4.78 is 5.41. The van der Waals surface area contributed by atoms with Gasteiger partial charge in [-0.3, -0.25) is 4.79 Å². The molecule has 4 heteroatoms. The molecule has 0 saturated heterocycles. The fourth-order valence-corrected chi connectivity index (χ4v) is 1.95. The van der Waals surface area contributed by atoms with Crippen molar-refractivity contribution in [1.29, 1.82) is 0 Å². The zero-order valence-electron chi connectivity index (χ0n) is 10.9. The molecule has 0 aliphatic heterocycles. The first-order chi connectivity index (χ1) is 8.29. The highest BCUT2D eigenvalue weighted by Crippen LogP contribution is 2.32. The average Bonchev–Trinajstić information content (AvgIpc) is 2.60. The molecule has 1 heterocycles. The molecule has 2 aromatic rings. The molecule has 0 saturated carbocycles. The van der Waals surface area contributed by atoms with Crippen molar-refractivity contribution in [2.75, 3.05) is 0 Å². The third-order valence-electron chi connectivity index (χ3n) is 2.73. The molecule has 3 nitrogen and oxygen atoms in total. The topological polar surface area (TPSA) is 42.1 Å². The quantitative estimate of drug-likeness (QED) is 0.790. The number of carbonyl (C=O) groups excluding carboxylic acids is 1. The van der Waals surface area contributed by atoms with Gasteiger partial charge in [0, 0.05) is 16.6 Å². The van der Waals surface area contributed by atoms with E-state index in [4.69, 9.17) is 16.3 Å². The zero-order chi connectivity index (χ0) is 13.5. The zero-order valence-corrected chi connectivity index (χ0v) is 11.7. The summed E-state index contributed by atoms with van der Waals surface area (Å²) in [6.45, 7) is 7.42. The Balaban J connectivity index is 2.44. The molecule has 0 atom stereocenters. The van der Waals surface area contributed by atoms with Crippen LogP contribution in [0.5, 0.6) is 5.75 Å². The number of fused-ring (bicyclic) bond motifs is 1. The summed E-state index contributed by atoms with van der Waals surface area (Å²) in [7, 11) is 0. The lowest BCUT2D eigenvalue weighted by atomic mass is 9.97. The van der Waals surface area contributed by atoms with Crippen LogP contribution in [0, 0.1) is 12.3 Å². The average molecular weight is 266 g/mol. The van der Waals surface area contributed by atoms with E-state index in [2.05, 4.69) is 4.98 Å². The van der Waals surface area contributed by atoms with Crippen LogP contribution >= 0.6 is 11.6 Å². The Morgan fingerprint density at radius 1 is 1.33 bits per heavy atom. The van der Waals surface area contributed by atoms with E-state index in [0.29, 0.717) is 10.8 Å². The van der Waals surface area contributed by atoms with Crippen LogP contribution in [-0.4, -0.2) is 11.0 Å². The lowest BCUT2D eigenvalue weighted by molar-refractivity contribution is -0.142. The van der Waals surface area contributed by atoms with Crippen molar-refractivity contribution in [2.24, 2.45) is 5.41 Å². The molecule has 2 rings (SSSR count). The summed E-state index contributed by atoms with van der Waals surface area (Å²) in [5, 5.41) is 1.46. The molecule has 0 amide bonds. The maximum Gasteiger partial charge on any atom is 0.316 e. The van der Waals surface area contributed by atoms with Crippen molar-refractivity contribution in [3.8, 4) is 5.75 Å². The number of aryl methyl sites for hydroxylation is 1. The van der Waals surface area contributed by atoms with Crippen molar-refractivity contribution >= 4 is 28.5 Å². The van der Waals surface area contributed by atoms with Gasteiger partial charge in [0.25, 0.3) is 0 Å². The lowest BCUT2D eigenvalue weighted by Gasteiger charge is -2.15. The largest absolute Gasteiger partial charge is 0.424 e. The number of rotatable bonds is 1. The number of hydrogen-bond donors (Lipinski definition) is 1.